The van der Waals surface area contributed by atoms with E-state index in [1.807, 2.05) is 6.92 Å². The molecule has 0 aliphatic carbocycles. The van der Waals surface area contributed by atoms with Crippen molar-refractivity contribution in [2.75, 3.05) is 11.9 Å². The Labute approximate surface area is 149 Å². The average Bonchev–Trinajstić information content (AvgIpc) is 3.01. The summed E-state index contributed by atoms with van der Waals surface area (Å²) >= 11 is 0. The monoisotopic (exact) mass is 380 g/mol. The van der Waals surface area contributed by atoms with Gasteiger partial charge in [0.2, 0.25) is 0 Å². The van der Waals surface area contributed by atoms with Crippen LogP contribution in [-0.4, -0.2) is 34.2 Å². The van der Waals surface area contributed by atoms with Gasteiger partial charge in [0.1, 0.15) is 11.6 Å². The van der Waals surface area contributed by atoms with Gasteiger partial charge in [0.15, 0.2) is 10.5 Å². The lowest BCUT2D eigenvalue weighted by atomic mass is 10.2. The van der Waals surface area contributed by atoms with Crippen LogP contribution in [0.3, 0.4) is 0 Å². The molecule has 0 spiro atoms. The minimum atomic E-state index is -4.47. The van der Waals surface area contributed by atoms with Gasteiger partial charge in [-0.3, -0.25) is 4.55 Å². The summed E-state index contributed by atoms with van der Waals surface area (Å²) in [6.45, 7) is 4.26. The van der Waals surface area contributed by atoms with Crippen LogP contribution in [0.1, 0.15) is 18.1 Å². The van der Waals surface area contributed by atoms with E-state index in [9.17, 15) is 17.4 Å². The summed E-state index contributed by atoms with van der Waals surface area (Å²) in [4.78, 5) is 3.68. The van der Waals surface area contributed by atoms with Crippen molar-refractivity contribution in [1.29, 1.82) is 0 Å². The van der Waals surface area contributed by atoms with Crippen LogP contribution in [-0.2, 0) is 21.5 Å². The molecule has 3 aromatic rings. The van der Waals surface area contributed by atoms with E-state index in [-0.39, 0.29) is 18.1 Å². The summed E-state index contributed by atoms with van der Waals surface area (Å²) in [5, 5.41) is 7.14. The van der Waals surface area contributed by atoms with E-state index in [0.717, 1.165) is 6.20 Å². The second-order valence-corrected chi connectivity index (χ2v) is 6.96. The van der Waals surface area contributed by atoms with Crippen LogP contribution < -0.4 is 5.32 Å². The molecule has 0 atom stereocenters. The van der Waals surface area contributed by atoms with Crippen LogP contribution in [0.15, 0.2) is 35.5 Å². The first-order chi connectivity index (χ1) is 12.3. The average molecular weight is 380 g/mol. The fourth-order valence-corrected chi connectivity index (χ4v) is 3.02. The number of aryl methyl sites for hydroxylation is 1. The third-order valence-corrected chi connectivity index (χ3v) is 4.60. The third kappa shape index (κ3) is 3.52. The second-order valence-electron chi connectivity index (χ2n) is 5.57. The maximum Gasteiger partial charge on any atom is 0.299 e. The molecule has 0 aliphatic rings. The first kappa shape index (κ1) is 18.2. The fraction of sp³-hybridized carbons (Fsp3) is 0.250. The van der Waals surface area contributed by atoms with Crippen molar-refractivity contribution >= 4 is 27.3 Å². The molecule has 0 saturated carbocycles. The van der Waals surface area contributed by atoms with Crippen LogP contribution in [0.4, 0.5) is 15.9 Å². The number of aromatic nitrogens is 3. The Hall–Kier alpha value is -2.56. The summed E-state index contributed by atoms with van der Waals surface area (Å²) in [5.41, 5.74) is 1.85. The lowest BCUT2D eigenvalue weighted by Crippen LogP contribution is -2.09. The molecule has 8 nitrogen and oxygen atoms in total. The lowest BCUT2D eigenvalue weighted by Gasteiger charge is -2.15. The van der Waals surface area contributed by atoms with Crippen molar-refractivity contribution in [3.05, 3.63) is 47.5 Å². The van der Waals surface area contributed by atoms with Crippen LogP contribution in [0, 0.1) is 12.7 Å². The molecule has 2 N–H and O–H groups in total. The van der Waals surface area contributed by atoms with Gasteiger partial charge in [-0.25, -0.2) is 9.37 Å². The molecule has 0 amide bonds. The molecule has 0 radical (unpaired) electrons. The maximum atomic E-state index is 13.3. The number of halogens is 1. The van der Waals surface area contributed by atoms with Crippen LogP contribution >= 0.6 is 0 Å². The molecule has 10 heteroatoms. The van der Waals surface area contributed by atoms with Gasteiger partial charge < -0.3 is 10.1 Å². The van der Waals surface area contributed by atoms with Crippen molar-refractivity contribution in [2.45, 2.75) is 25.3 Å². The highest BCUT2D eigenvalue weighted by Gasteiger charge is 2.21. The highest BCUT2D eigenvalue weighted by Crippen LogP contribution is 2.27. The van der Waals surface area contributed by atoms with Crippen molar-refractivity contribution in [3.63, 3.8) is 0 Å². The van der Waals surface area contributed by atoms with Gasteiger partial charge in [-0.1, -0.05) is 0 Å². The van der Waals surface area contributed by atoms with Gasteiger partial charge in [-0.05, 0) is 37.6 Å². The lowest BCUT2D eigenvalue weighted by molar-refractivity contribution is 0.134. The first-order valence-corrected chi connectivity index (χ1v) is 9.19. The first-order valence-electron chi connectivity index (χ1n) is 7.75. The Morgan fingerprint density at radius 1 is 1.35 bits per heavy atom. The smallest absolute Gasteiger partial charge is 0.299 e. The molecule has 0 bridgehead atoms. The molecule has 0 unspecified atom stereocenters. The molecule has 0 fully saturated rings. The minimum Gasteiger partial charge on any atom is -0.377 e. The van der Waals surface area contributed by atoms with Crippen molar-refractivity contribution in [3.8, 4) is 0 Å². The Morgan fingerprint density at radius 2 is 2.12 bits per heavy atom. The van der Waals surface area contributed by atoms with Gasteiger partial charge >= 0.3 is 0 Å². The molecule has 0 saturated heterocycles. The topological polar surface area (TPSA) is 106 Å². The number of hydrogen-bond acceptors (Lipinski definition) is 6. The number of anilines is 2. The quantitative estimate of drug-likeness (QED) is 0.633. The second kappa shape index (κ2) is 6.98. The Kier molecular flexibility index (Phi) is 4.90. The van der Waals surface area contributed by atoms with E-state index in [1.54, 1.807) is 13.0 Å². The molecule has 138 valence electrons. The third-order valence-electron chi connectivity index (χ3n) is 3.75. The molecule has 2 heterocycles. The SMILES string of the molecule is CCOCc1cnc2c(S(=O)(=O)O)cnn2c1Nc1ccc(F)cc1C. The molecule has 1 aromatic carbocycles. The molecule has 2 aromatic heterocycles. The Bertz CT molecular complexity index is 1070. The number of nitrogens with zero attached hydrogens (tertiary/aromatic N) is 3. The van der Waals surface area contributed by atoms with E-state index < -0.39 is 15.0 Å². The van der Waals surface area contributed by atoms with E-state index in [2.05, 4.69) is 15.4 Å². The van der Waals surface area contributed by atoms with E-state index in [1.165, 1.54) is 22.8 Å². The molecular weight excluding hydrogens is 363 g/mol. The number of fused-ring (bicyclic) bond motifs is 1. The molecule has 3 rings (SSSR count). The van der Waals surface area contributed by atoms with E-state index in [0.29, 0.717) is 29.2 Å². The number of hydrogen-bond donors (Lipinski definition) is 2. The minimum absolute atomic E-state index is 0.0324. The van der Waals surface area contributed by atoms with Crippen molar-refractivity contribution < 1.29 is 22.1 Å². The largest absolute Gasteiger partial charge is 0.377 e. The number of rotatable bonds is 6. The maximum absolute atomic E-state index is 13.3. The summed E-state index contributed by atoms with van der Waals surface area (Å²) < 4.78 is 52.4. The van der Waals surface area contributed by atoms with Crippen LogP contribution in [0.25, 0.3) is 5.65 Å². The summed E-state index contributed by atoms with van der Waals surface area (Å²) in [7, 11) is -4.47. The fourth-order valence-electron chi connectivity index (χ4n) is 2.47. The Balaban J connectivity index is 2.17. The zero-order chi connectivity index (χ0) is 18.9. The Morgan fingerprint density at radius 3 is 2.77 bits per heavy atom. The van der Waals surface area contributed by atoms with Gasteiger partial charge in [-0.2, -0.15) is 18.0 Å². The number of nitrogens with one attached hydrogen (secondary N) is 1. The van der Waals surface area contributed by atoms with Gasteiger partial charge in [0.05, 0.1) is 12.8 Å². The normalized spacial score (nSPS) is 11.8. The highest BCUT2D eigenvalue weighted by atomic mass is 32.2. The summed E-state index contributed by atoms with van der Waals surface area (Å²) in [5.74, 6) is 0.0447. The molecular formula is C16H17FN4O4S. The van der Waals surface area contributed by atoms with Gasteiger partial charge in [0.25, 0.3) is 10.1 Å². The molecule has 26 heavy (non-hydrogen) atoms. The predicted molar refractivity (Wildman–Crippen MR) is 92.6 cm³/mol. The van der Waals surface area contributed by atoms with Gasteiger partial charge in [-0.15, -0.1) is 0 Å². The predicted octanol–water partition coefficient (Wildman–Crippen LogP) is 2.70. The zero-order valence-electron chi connectivity index (χ0n) is 14.1. The van der Waals surface area contributed by atoms with Crippen LogP contribution in [0.2, 0.25) is 0 Å². The van der Waals surface area contributed by atoms with Crippen LogP contribution in [0.5, 0.6) is 0 Å². The van der Waals surface area contributed by atoms with Crippen molar-refractivity contribution in [2.24, 2.45) is 0 Å². The van der Waals surface area contributed by atoms with E-state index >= 15 is 0 Å². The van der Waals surface area contributed by atoms with Gasteiger partial charge in [0, 0.05) is 24.1 Å². The summed E-state index contributed by atoms with van der Waals surface area (Å²) in [6, 6.07) is 4.24. The van der Waals surface area contributed by atoms with Crippen molar-refractivity contribution in [1.82, 2.24) is 14.6 Å². The summed E-state index contributed by atoms with van der Waals surface area (Å²) in [6.07, 6.45) is 2.47. The number of benzene rings is 1. The standard InChI is InChI=1S/C16H17FN4O4S/c1-3-25-9-11-7-18-16-14(26(22,23)24)8-19-21(16)15(11)20-13-5-4-12(17)6-10(13)2/h4-8,20H,3,9H2,1-2H3,(H,22,23,24). The van der Waals surface area contributed by atoms with E-state index in [4.69, 9.17) is 4.74 Å². The highest BCUT2D eigenvalue weighted by molar-refractivity contribution is 7.86. The zero-order valence-corrected chi connectivity index (χ0v) is 14.9. The molecule has 0 aliphatic heterocycles. The number of ether oxygens (including phenoxy) is 1.